The first-order valence-electron chi connectivity index (χ1n) is 5.93. The van der Waals surface area contributed by atoms with Gasteiger partial charge in [-0.1, -0.05) is 6.92 Å². The molecule has 0 fully saturated rings. The lowest BCUT2D eigenvalue weighted by Crippen LogP contribution is -2.37. The highest BCUT2D eigenvalue weighted by Gasteiger charge is 2.30. The molecule has 0 unspecified atom stereocenters. The number of carbonyl (C=O) groups is 1. The molecular weight excluding hydrogens is 270 g/mol. The number of nitrogens with zero attached hydrogens (tertiary/aromatic N) is 2. The van der Waals surface area contributed by atoms with E-state index in [0.717, 1.165) is 4.31 Å². The van der Waals surface area contributed by atoms with Gasteiger partial charge in [0.1, 0.15) is 11.4 Å². The second-order valence-electron chi connectivity index (χ2n) is 4.18. The van der Waals surface area contributed by atoms with Crippen molar-refractivity contribution >= 4 is 16.0 Å². The standard InChI is InChI=1S/C11H19N3O4S/c1-5-6-14(7-10(15)18-4)19(16,17)11-8(2)12-13-9(11)3/h5-7H2,1-4H3,(H,12,13). The molecule has 0 saturated carbocycles. The predicted octanol–water partition coefficient (Wildman–Crippen LogP) is 0.600. The van der Waals surface area contributed by atoms with E-state index in [-0.39, 0.29) is 18.0 Å². The zero-order valence-corrected chi connectivity index (χ0v) is 12.4. The number of methoxy groups -OCH3 is 1. The summed E-state index contributed by atoms with van der Waals surface area (Å²) >= 11 is 0. The first-order chi connectivity index (χ1) is 8.84. The summed E-state index contributed by atoms with van der Waals surface area (Å²) in [5, 5.41) is 6.51. The second kappa shape index (κ2) is 6.16. The molecule has 1 aromatic rings. The average molecular weight is 289 g/mol. The fourth-order valence-electron chi connectivity index (χ4n) is 1.79. The van der Waals surface area contributed by atoms with E-state index < -0.39 is 16.0 Å². The molecule has 0 atom stereocenters. The molecule has 0 saturated heterocycles. The number of hydrogen-bond donors (Lipinski definition) is 1. The van der Waals surface area contributed by atoms with Crippen LogP contribution in [0.25, 0.3) is 0 Å². The summed E-state index contributed by atoms with van der Waals surface area (Å²) in [6.45, 7) is 5.04. The molecule has 0 aliphatic carbocycles. The lowest BCUT2D eigenvalue weighted by Gasteiger charge is -2.20. The highest BCUT2D eigenvalue weighted by atomic mass is 32.2. The Labute approximate surface area is 113 Å². The lowest BCUT2D eigenvalue weighted by molar-refractivity contribution is -0.140. The van der Waals surface area contributed by atoms with Gasteiger partial charge in [-0.25, -0.2) is 8.42 Å². The zero-order valence-electron chi connectivity index (χ0n) is 11.6. The summed E-state index contributed by atoms with van der Waals surface area (Å²) in [5.74, 6) is -0.587. The van der Waals surface area contributed by atoms with Crippen molar-refractivity contribution < 1.29 is 17.9 Å². The molecule has 0 amide bonds. The summed E-state index contributed by atoms with van der Waals surface area (Å²) in [6, 6.07) is 0. The van der Waals surface area contributed by atoms with Crippen molar-refractivity contribution in [2.24, 2.45) is 0 Å². The molecule has 7 nitrogen and oxygen atoms in total. The van der Waals surface area contributed by atoms with Crippen molar-refractivity contribution in [1.29, 1.82) is 0 Å². The van der Waals surface area contributed by atoms with E-state index >= 15 is 0 Å². The minimum atomic E-state index is -3.75. The number of carbonyl (C=O) groups excluding carboxylic acids is 1. The van der Waals surface area contributed by atoms with E-state index in [2.05, 4.69) is 14.9 Å². The molecule has 19 heavy (non-hydrogen) atoms. The van der Waals surface area contributed by atoms with E-state index in [4.69, 9.17) is 0 Å². The highest BCUT2D eigenvalue weighted by molar-refractivity contribution is 7.89. The van der Waals surface area contributed by atoms with Crippen LogP contribution in [0.2, 0.25) is 0 Å². The third-order valence-electron chi connectivity index (χ3n) is 2.66. The summed E-state index contributed by atoms with van der Waals surface area (Å²) < 4.78 is 30.7. The fourth-order valence-corrected chi connectivity index (χ4v) is 3.60. The van der Waals surface area contributed by atoms with Crippen LogP contribution in [0.5, 0.6) is 0 Å². The van der Waals surface area contributed by atoms with Crippen molar-refractivity contribution in [2.75, 3.05) is 20.2 Å². The van der Waals surface area contributed by atoms with Crippen LogP contribution >= 0.6 is 0 Å². The maximum absolute atomic E-state index is 12.5. The number of rotatable bonds is 6. The SMILES string of the molecule is CCCN(CC(=O)OC)S(=O)(=O)c1c(C)n[nH]c1C. The van der Waals surface area contributed by atoms with Gasteiger partial charge in [0.05, 0.1) is 18.5 Å². The zero-order chi connectivity index (χ0) is 14.6. The van der Waals surface area contributed by atoms with Crippen LogP contribution in [0, 0.1) is 13.8 Å². The van der Waals surface area contributed by atoms with Crippen LogP contribution in [-0.2, 0) is 19.6 Å². The number of ether oxygens (including phenoxy) is 1. The molecule has 1 rings (SSSR count). The third kappa shape index (κ3) is 3.32. The average Bonchev–Trinajstić information content (AvgIpc) is 2.68. The predicted molar refractivity (Wildman–Crippen MR) is 69.1 cm³/mol. The van der Waals surface area contributed by atoms with E-state index in [1.54, 1.807) is 13.8 Å². The number of H-pyrrole nitrogens is 1. The molecular formula is C11H19N3O4S. The van der Waals surface area contributed by atoms with Gasteiger partial charge in [0.2, 0.25) is 10.0 Å². The van der Waals surface area contributed by atoms with Crippen molar-refractivity contribution in [1.82, 2.24) is 14.5 Å². The molecule has 0 aliphatic heterocycles. The van der Waals surface area contributed by atoms with Gasteiger partial charge in [0.25, 0.3) is 0 Å². The number of aryl methyl sites for hydroxylation is 2. The fraction of sp³-hybridized carbons (Fsp3) is 0.636. The maximum atomic E-state index is 12.5. The minimum absolute atomic E-state index is 0.129. The van der Waals surface area contributed by atoms with Crippen molar-refractivity contribution in [3.05, 3.63) is 11.4 Å². The Hall–Kier alpha value is -1.41. The maximum Gasteiger partial charge on any atom is 0.321 e. The van der Waals surface area contributed by atoms with Gasteiger partial charge in [-0.05, 0) is 20.3 Å². The Balaban J connectivity index is 3.17. The smallest absolute Gasteiger partial charge is 0.321 e. The molecule has 8 heteroatoms. The molecule has 0 aliphatic rings. The van der Waals surface area contributed by atoms with Crippen LogP contribution in [0.1, 0.15) is 24.7 Å². The van der Waals surface area contributed by atoms with Gasteiger partial charge in [0.15, 0.2) is 0 Å². The number of hydrogen-bond acceptors (Lipinski definition) is 5. The number of esters is 1. The summed E-state index contributed by atoms with van der Waals surface area (Å²) in [5.41, 5.74) is 0.854. The molecule has 0 radical (unpaired) electrons. The van der Waals surface area contributed by atoms with Gasteiger partial charge in [-0.2, -0.15) is 9.40 Å². The Morgan fingerprint density at radius 1 is 1.42 bits per heavy atom. The Kier molecular flexibility index (Phi) is 5.07. The van der Waals surface area contributed by atoms with Crippen LogP contribution in [0.15, 0.2) is 4.90 Å². The van der Waals surface area contributed by atoms with Crippen molar-refractivity contribution in [2.45, 2.75) is 32.1 Å². The Bertz CT molecular complexity index is 531. The molecule has 108 valence electrons. The van der Waals surface area contributed by atoms with Gasteiger partial charge in [-0.15, -0.1) is 0 Å². The van der Waals surface area contributed by atoms with Crippen LogP contribution in [0.3, 0.4) is 0 Å². The largest absolute Gasteiger partial charge is 0.468 e. The van der Waals surface area contributed by atoms with Crippen molar-refractivity contribution in [3.8, 4) is 0 Å². The second-order valence-corrected chi connectivity index (χ2v) is 6.05. The molecule has 1 heterocycles. The van der Waals surface area contributed by atoms with Gasteiger partial charge in [0, 0.05) is 6.54 Å². The third-order valence-corrected chi connectivity index (χ3v) is 4.77. The minimum Gasteiger partial charge on any atom is -0.468 e. The molecule has 1 aromatic heterocycles. The molecule has 0 spiro atoms. The number of sulfonamides is 1. The quantitative estimate of drug-likeness (QED) is 0.774. The van der Waals surface area contributed by atoms with Gasteiger partial charge >= 0.3 is 5.97 Å². The van der Waals surface area contributed by atoms with Crippen LogP contribution in [-0.4, -0.2) is 49.1 Å². The van der Waals surface area contributed by atoms with Gasteiger partial charge < -0.3 is 4.74 Å². The van der Waals surface area contributed by atoms with E-state index in [9.17, 15) is 13.2 Å². The van der Waals surface area contributed by atoms with Crippen LogP contribution in [0.4, 0.5) is 0 Å². The van der Waals surface area contributed by atoms with Crippen molar-refractivity contribution in [3.63, 3.8) is 0 Å². The molecule has 0 aromatic carbocycles. The Morgan fingerprint density at radius 3 is 2.47 bits per heavy atom. The monoisotopic (exact) mass is 289 g/mol. The van der Waals surface area contributed by atoms with E-state index in [0.29, 0.717) is 17.8 Å². The summed E-state index contributed by atoms with van der Waals surface area (Å²) in [6.07, 6.45) is 0.603. The number of nitrogens with one attached hydrogen (secondary N) is 1. The van der Waals surface area contributed by atoms with Gasteiger partial charge in [-0.3, -0.25) is 9.89 Å². The number of aromatic amines is 1. The molecule has 1 N–H and O–H groups in total. The molecule has 0 bridgehead atoms. The summed E-state index contributed by atoms with van der Waals surface area (Å²) in [4.78, 5) is 11.5. The Morgan fingerprint density at radius 2 is 2.05 bits per heavy atom. The topological polar surface area (TPSA) is 92.4 Å². The number of aromatic nitrogens is 2. The lowest BCUT2D eigenvalue weighted by atomic mass is 10.4. The van der Waals surface area contributed by atoms with E-state index in [1.165, 1.54) is 7.11 Å². The normalized spacial score (nSPS) is 11.8. The summed E-state index contributed by atoms with van der Waals surface area (Å²) in [7, 11) is -2.52. The van der Waals surface area contributed by atoms with E-state index in [1.807, 2.05) is 6.92 Å². The highest BCUT2D eigenvalue weighted by Crippen LogP contribution is 2.21. The van der Waals surface area contributed by atoms with Crippen LogP contribution < -0.4 is 0 Å². The first-order valence-corrected chi connectivity index (χ1v) is 7.37. The first kappa shape index (κ1) is 15.6.